The van der Waals surface area contributed by atoms with Crippen molar-refractivity contribution in [1.29, 1.82) is 0 Å². The molecule has 3 rings (SSSR count). The monoisotopic (exact) mass is 426 g/mol. The third-order valence-electron chi connectivity index (χ3n) is 4.36. The van der Waals surface area contributed by atoms with Crippen LogP contribution in [0.4, 0.5) is 11.4 Å². The number of rotatable bonds is 7. The Hall–Kier alpha value is -1.76. The number of benzene rings is 2. The quantitative estimate of drug-likeness (QED) is 0.697. The molecule has 1 saturated carbocycles. The van der Waals surface area contributed by atoms with Crippen LogP contribution in [0.2, 0.25) is 10.0 Å². The smallest absolute Gasteiger partial charge is 0.232 e. The molecule has 0 bridgehead atoms. The second-order valence-electron chi connectivity index (χ2n) is 6.73. The summed E-state index contributed by atoms with van der Waals surface area (Å²) >= 11 is 12.2. The molecule has 0 radical (unpaired) electrons. The van der Waals surface area contributed by atoms with E-state index in [1.54, 1.807) is 42.5 Å². The van der Waals surface area contributed by atoms with Crippen LogP contribution in [0.5, 0.6) is 0 Å². The molecule has 0 atom stereocenters. The molecule has 1 aliphatic rings. The van der Waals surface area contributed by atoms with Crippen LogP contribution >= 0.6 is 23.2 Å². The van der Waals surface area contributed by atoms with Crippen LogP contribution in [0.3, 0.4) is 0 Å². The number of nitrogens with zero attached hydrogens (tertiary/aromatic N) is 1. The van der Waals surface area contributed by atoms with Gasteiger partial charge in [0.1, 0.15) is 0 Å². The summed E-state index contributed by atoms with van der Waals surface area (Å²) in [6.07, 6.45) is 3.89. The number of halogens is 2. The van der Waals surface area contributed by atoms with Crippen molar-refractivity contribution in [3.63, 3.8) is 0 Å². The summed E-state index contributed by atoms with van der Waals surface area (Å²) in [5.41, 5.74) is 1.73. The van der Waals surface area contributed by atoms with Crippen LogP contribution in [-0.2, 0) is 21.4 Å². The summed E-state index contributed by atoms with van der Waals surface area (Å²) in [6, 6.07) is 11.8. The maximum Gasteiger partial charge on any atom is 0.232 e. The number of nitrogens with one attached hydrogen (secondary N) is 1. The van der Waals surface area contributed by atoms with Crippen molar-refractivity contribution in [2.24, 2.45) is 5.92 Å². The van der Waals surface area contributed by atoms with Crippen molar-refractivity contribution in [2.45, 2.75) is 25.8 Å². The molecule has 2 aromatic rings. The molecule has 144 valence electrons. The van der Waals surface area contributed by atoms with Gasteiger partial charge >= 0.3 is 0 Å². The minimum atomic E-state index is -3.55. The molecule has 0 aliphatic heterocycles. The largest absolute Gasteiger partial charge is 0.326 e. The Balaban J connectivity index is 1.78. The molecule has 27 heavy (non-hydrogen) atoms. The minimum Gasteiger partial charge on any atom is -0.326 e. The van der Waals surface area contributed by atoms with Crippen molar-refractivity contribution in [2.75, 3.05) is 15.9 Å². The highest BCUT2D eigenvalue weighted by atomic mass is 35.5. The Morgan fingerprint density at radius 3 is 2.41 bits per heavy atom. The van der Waals surface area contributed by atoms with Gasteiger partial charge in [-0.2, -0.15) is 0 Å². The van der Waals surface area contributed by atoms with E-state index in [2.05, 4.69) is 5.32 Å². The molecule has 0 heterocycles. The van der Waals surface area contributed by atoms with E-state index in [0.29, 0.717) is 39.3 Å². The number of carbonyl (C=O) groups is 1. The second kappa shape index (κ2) is 8.09. The van der Waals surface area contributed by atoms with Crippen molar-refractivity contribution in [3.8, 4) is 0 Å². The van der Waals surface area contributed by atoms with Crippen LogP contribution in [0.1, 0.15) is 24.8 Å². The highest BCUT2D eigenvalue weighted by Crippen LogP contribution is 2.33. The number of amides is 1. The molecule has 1 aliphatic carbocycles. The van der Waals surface area contributed by atoms with Gasteiger partial charge in [-0.25, -0.2) is 8.42 Å². The molecular formula is C19H20Cl2N2O3S. The Morgan fingerprint density at radius 2 is 1.81 bits per heavy atom. The molecule has 1 N–H and O–H groups in total. The first-order valence-electron chi connectivity index (χ1n) is 8.54. The van der Waals surface area contributed by atoms with E-state index in [1.165, 1.54) is 4.31 Å². The lowest BCUT2D eigenvalue weighted by molar-refractivity contribution is -0.116. The molecule has 0 aromatic heterocycles. The first-order valence-corrected chi connectivity index (χ1v) is 11.1. The normalized spacial score (nSPS) is 14.0. The number of hydrogen-bond donors (Lipinski definition) is 1. The van der Waals surface area contributed by atoms with Gasteiger partial charge in [-0.1, -0.05) is 35.3 Å². The zero-order valence-electron chi connectivity index (χ0n) is 14.8. The van der Waals surface area contributed by atoms with Gasteiger partial charge < -0.3 is 5.32 Å². The van der Waals surface area contributed by atoms with Crippen molar-refractivity contribution < 1.29 is 13.2 Å². The summed E-state index contributed by atoms with van der Waals surface area (Å²) in [6.45, 7) is 0.0611. The fourth-order valence-electron chi connectivity index (χ4n) is 2.73. The van der Waals surface area contributed by atoms with Gasteiger partial charge in [0.2, 0.25) is 15.9 Å². The molecule has 8 heteroatoms. The third kappa shape index (κ3) is 5.37. The van der Waals surface area contributed by atoms with Gasteiger partial charge in [-0.15, -0.1) is 0 Å². The molecule has 5 nitrogen and oxygen atoms in total. The van der Waals surface area contributed by atoms with E-state index >= 15 is 0 Å². The molecule has 1 amide bonds. The fraction of sp³-hybridized carbons (Fsp3) is 0.316. The summed E-state index contributed by atoms with van der Waals surface area (Å²) < 4.78 is 25.9. The van der Waals surface area contributed by atoms with E-state index in [1.807, 2.05) is 0 Å². The van der Waals surface area contributed by atoms with Gasteiger partial charge in [-0.3, -0.25) is 9.10 Å². The van der Waals surface area contributed by atoms with E-state index in [0.717, 1.165) is 19.1 Å². The minimum absolute atomic E-state index is 0.0177. The third-order valence-corrected chi connectivity index (χ3v) is 6.35. The Kier molecular flexibility index (Phi) is 5.99. The van der Waals surface area contributed by atoms with Crippen LogP contribution in [0.15, 0.2) is 42.5 Å². The van der Waals surface area contributed by atoms with E-state index in [4.69, 9.17) is 23.2 Å². The summed E-state index contributed by atoms with van der Waals surface area (Å²) in [5, 5.41) is 3.54. The maximum atomic E-state index is 12.3. The lowest BCUT2D eigenvalue weighted by atomic mass is 10.2. The molecule has 2 aromatic carbocycles. The van der Waals surface area contributed by atoms with Gasteiger partial charge in [0.25, 0.3) is 0 Å². The number of sulfonamides is 1. The molecule has 1 fully saturated rings. The van der Waals surface area contributed by atoms with Crippen LogP contribution < -0.4 is 9.62 Å². The summed E-state index contributed by atoms with van der Waals surface area (Å²) in [7, 11) is -3.55. The number of carbonyl (C=O) groups excluding carboxylic acids is 1. The van der Waals surface area contributed by atoms with Gasteiger partial charge in [-0.05, 0) is 54.7 Å². The molecule has 0 saturated heterocycles. The Morgan fingerprint density at radius 1 is 1.15 bits per heavy atom. The van der Waals surface area contributed by atoms with Crippen LogP contribution in [0.25, 0.3) is 0 Å². The lowest BCUT2D eigenvalue weighted by Crippen LogP contribution is -2.29. The Labute approximate surface area is 169 Å². The highest BCUT2D eigenvalue weighted by Gasteiger charge is 2.24. The highest BCUT2D eigenvalue weighted by molar-refractivity contribution is 7.92. The van der Waals surface area contributed by atoms with Gasteiger partial charge in [0.15, 0.2) is 0 Å². The summed E-state index contributed by atoms with van der Waals surface area (Å²) in [5.74, 6) is 0.489. The van der Waals surface area contributed by atoms with Gasteiger partial charge in [0.05, 0.1) is 28.5 Å². The SMILES string of the molecule is CS(=O)(=O)N(Cc1cccc(Cl)c1Cl)c1ccc(NC(=O)CC2CC2)cc1. The average Bonchev–Trinajstić information content (AvgIpc) is 3.40. The maximum absolute atomic E-state index is 12.3. The fourth-order valence-corrected chi connectivity index (χ4v) is 3.99. The first-order chi connectivity index (χ1) is 12.7. The van der Waals surface area contributed by atoms with E-state index < -0.39 is 10.0 Å². The van der Waals surface area contributed by atoms with E-state index in [-0.39, 0.29) is 12.5 Å². The van der Waals surface area contributed by atoms with Crippen LogP contribution in [0, 0.1) is 5.92 Å². The van der Waals surface area contributed by atoms with Crippen molar-refractivity contribution in [3.05, 3.63) is 58.1 Å². The summed E-state index contributed by atoms with van der Waals surface area (Å²) in [4.78, 5) is 11.9. The predicted octanol–water partition coefficient (Wildman–Crippen LogP) is 4.70. The predicted molar refractivity (Wildman–Crippen MR) is 110 cm³/mol. The zero-order valence-corrected chi connectivity index (χ0v) is 17.1. The Bertz CT molecular complexity index is 942. The topological polar surface area (TPSA) is 66.5 Å². The number of hydrogen-bond acceptors (Lipinski definition) is 3. The van der Waals surface area contributed by atoms with Gasteiger partial charge in [0, 0.05) is 12.1 Å². The molecule has 0 unspecified atom stereocenters. The second-order valence-corrected chi connectivity index (χ2v) is 9.42. The van der Waals surface area contributed by atoms with Crippen LogP contribution in [-0.4, -0.2) is 20.6 Å². The van der Waals surface area contributed by atoms with Crippen molar-refractivity contribution >= 4 is 50.5 Å². The van der Waals surface area contributed by atoms with Crippen molar-refractivity contribution in [1.82, 2.24) is 0 Å². The number of anilines is 2. The first kappa shape index (κ1) is 20.0. The lowest BCUT2D eigenvalue weighted by Gasteiger charge is -2.23. The standard InChI is InChI=1S/C19H20Cl2N2O3S/c1-27(25,26)23(12-14-3-2-4-17(20)19(14)21)16-9-7-15(8-10-16)22-18(24)11-13-5-6-13/h2-4,7-10,13H,5-6,11-12H2,1H3,(H,22,24). The zero-order chi connectivity index (χ0) is 19.6. The molecule has 0 spiro atoms. The average molecular weight is 427 g/mol. The van der Waals surface area contributed by atoms with E-state index in [9.17, 15) is 13.2 Å². The molecular weight excluding hydrogens is 407 g/mol.